The molecule has 3 aromatic heterocycles. The van der Waals surface area contributed by atoms with E-state index in [1.54, 1.807) is 18.7 Å². The van der Waals surface area contributed by atoms with Crippen molar-refractivity contribution in [2.45, 2.75) is 13.8 Å². The lowest BCUT2D eigenvalue weighted by Crippen LogP contribution is -2.21. The van der Waals surface area contributed by atoms with E-state index in [-0.39, 0.29) is 11.1 Å². The zero-order valence-electron chi connectivity index (χ0n) is 24.6. The van der Waals surface area contributed by atoms with Gasteiger partial charge in [-0.2, -0.15) is 10.2 Å². The third-order valence-electron chi connectivity index (χ3n) is 7.61. The van der Waals surface area contributed by atoms with E-state index < -0.39 is 0 Å². The Kier molecular flexibility index (Phi) is 7.46. The average molecular weight is 587 g/mol. The van der Waals surface area contributed by atoms with E-state index in [0.717, 1.165) is 33.5 Å². The fraction of sp³-hybridized carbons (Fsp3) is 0.125. The van der Waals surface area contributed by atoms with E-state index in [4.69, 9.17) is 0 Å². The Labute approximate surface area is 252 Å². The topological polar surface area (TPSA) is 128 Å². The molecule has 0 aliphatic heterocycles. The summed E-state index contributed by atoms with van der Waals surface area (Å²) < 4.78 is 6.79. The van der Waals surface area contributed by atoms with Gasteiger partial charge in [-0.1, -0.05) is 60.7 Å². The molecule has 0 amide bonds. The van der Waals surface area contributed by atoms with Crippen LogP contribution in [0.5, 0.6) is 0 Å². The number of aromatic nitrogens is 6. The van der Waals surface area contributed by atoms with Crippen LogP contribution in [0.15, 0.2) is 105 Å². The van der Waals surface area contributed by atoms with Gasteiger partial charge in [0.05, 0.1) is 34.9 Å². The van der Waals surface area contributed by atoms with Crippen molar-refractivity contribution in [3.8, 4) is 11.4 Å². The molecule has 6 rings (SSSR count). The summed E-state index contributed by atoms with van der Waals surface area (Å²) in [6.45, 7) is 3.73. The Hall–Kier alpha value is -6.04. The number of anilines is 2. The number of para-hydroxylation sites is 2. The molecule has 44 heavy (non-hydrogen) atoms. The summed E-state index contributed by atoms with van der Waals surface area (Å²) in [7, 11) is 3.67. The normalized spacial score (nSPS) is 11.6. The van der Waals surface area contributed by atoms with Crippen LogP contribution in [0.25, 0.3) is 22.1 Å². The Bertz CT molecular complexity index is 2000. The minimum Gasteiger partial charge on any atom is -0.285 e. The second-order valence-electron chi connectivity index (χ2n) is 10.1. The molecular formula is C32H30N10O2. The summed E-state index contributed by atoms with van der Waals surface area (Å²) in [6, 6.07) is 26.4. The summed E-state index contributed by atoms with van der Waals surface area (Å²) in [4.78, 5) is 26.4. The minimum absolute atomic E-state index is 0.181. The van der Waals surface area contributed by atoms with Gasteiger partial charge in [-0.15, -0.1) is 10.2 Å². The van der Waals surface area contributed by atoms with Crippen molar-refractivity contribution in [1.29, 1.82) is 0 Å². The van der Waals surface area contributed by atoms with Gasteiger partial charge in [0.1, 0.15) is 0 Å². The molecule has 0 saturated carbocycles. The van der Waals surface area contributed by atoms with Crippen LogP contribution in [0.1, 0.15) is 22.5 Å². The molecule has 0 unspecified atom stereocenters. The molecule has 3 aromatic carbocycles. The second-order valence-corrected chi connectivity index (χ2v) is 10.1. The Balaban J connectivity index is 1.25. The molecule has 0 atom stereocenters. The highest BCUT2D eigenvalue weighted by molar-refractivity contribution is 5.98. The van der Waals surface area contributed by atoms with Gasteiger partial charge in [0, 0.05) is 36.3 Å². The van der Waals surface area contributed by atoms with Crippen LogP contribution in [-0.4, -0.2) is 41.4 Å². The first-order valence-corrected chi connectivity index (χ1v) is 13.9. The number of rotatable bonds is 8. The van der Waals surface area contributed by atoms with Gasteiger partial charge >= 0.3 is 0 Å². The summed E-state index contributed by atoms with van der Waals surface area (Å²) >= 11 is 0. The van der Waals surface area contributed by atoms with Gasteiger partial charge in [-0.3, -0.25) is 29.8 Å². The number of hydrogen-bond acceptors (Lipinski definition) is 8. The number of hydrogen-bond donors (Lipinski definition) is 2. The molecule has 12 nitrogen and oxygen atoms in total. The highest BCUT2D eigenvalue weighted by Gasteiger charge is 2.16. The molecule has 3 heterocycles. The predicted molar refractivity (Wildman–Crippen MR) is 173 cm³/mol. The maximum absolute atomic E-state index is 13.2. The summed E-state index contributed by atoms with van der Waals surface area (Å²) in [5, 5.41) is 18.7. The standard InChI is InChI=1S/C32H30N10O2/c1-21-27(31(43)41(39(21)3)23-13-7-5-8-14-23)19-33-35-29-25-17-11-12-18-26(25)30(38-37-29)36-34-20-28-22(2)40(4)42(32(28)44)24-15-9-6-10-16-24/h5-20H,1-4H3,(H,35,37)(H,36,38). The number of hydrazone groups is 2. The lowest BCUT2D eigenvalue weighted by atomic mass is 10.2. The first-order valence-electron chi connectivity index (χ1n) is 13.9. The maximum atomic E-state index is 13.2. The zero-order chi connectivity index (χ0) is 30.8. The van der Waals surface area contributed by atoms with E-state index in [1.165, 1.54) is 12.4 Å². The van der Waals surface area contributed by atoms with Crippen LogP contribution in [0.3, 0.4) is 0 Å². The minimum atomic E-state index is -0.181. The molecular weight excluding hydrogens is 556 g/mol. The lowest BCUT2D eigenvalue weighted by Gasteiger charge is -2.08. The lowest BCUT2D eigenvalue weighted by molar-refractivity contribution is 0.630. The number of fused-ring (bicyclic) bond motifs is 1. The fourth-order valence-electron chi connectivity index (χ4n) is 5.06. The van der Waals surface area contributed by atoms with E-state index >= 15 is 0 Å². The molecule has 0 aliphatic rings. The van der Waals surface area contributed by atoms with E-state index in [1.807, 2.05) is 113 Å². The van der Waals surface area contributed by atoms with E-state index in [9.17, 15) is 9.59 Å². The summed E-state index contributed by atoms with van der Waals surface area (Å²) in [5.74, 6) is 0.820. The highest BCUT2D eigenvalue weighted by Crippen LogP contribution is 2.26. The van der Waals surface area contributed by atoms with Gasteiger partial charge in [0.15, 0.2) is 11.6 Å². The van der Waals surface area contributed by atoms with Crippen molar-refractivity contribution >= 4 is 34.8 Å². The molecule has 0 radical (unpaired) electrons. The van der Waals surface area contributed by atoms with Crippen LogP contribution >= 0.6 is 0 Å². The Morgan fingerprint density at radius 3 is 1.34 bits per heavy atom. The smallest absolute Gasteiger partial charge is 0.280 e. The number of nitrogens with zero attached hydrogens (tertiary/aromatic N) is 8. The fourth-order valence-corrected chi connectivity index (χ4v) is 5.06. The van der Waals surface area contributed by atoms with E-state index in [0.29, 0.717) is 22.8 Å². The van der Waals surface area contributed by atoms with Crippen molar-refractivity contribution < 1.29 is 0 Å². The SMILES string of the molecule is Cc1c(C=NNc2nnc(NN=Cc3c(C)n(C)n(-c4ccccc4)c3=O)c3ccccc23)c(=O)n(-c2ccccc2)n1C. The van der Waals surface area contributed by atoms with Gasteiger partial charge in [-0.05, 0) is 38.1 Å². The predicted octanol–water partition coefficient (Wildman–Crippen LogP) is 4.12. The van der Waals surface area contributed by atoms with Gasteiger partial charge < -0.3 is 0 Å². The van der Waals surface area contributed by atoms with Crippen molar-refractivity contribution in [1.82, 2.24) is 28.9 Å². The highest BCUT2D eigenvalue weighted by atomic mass is 16.1. The molecule has 0 fully saturated rings. The van der Waals surface area contributed by atoms with Crippen molar-refractivity contribution in [2.24, 2.45) is 24.3 Å². The molecule has 2 N–H and O–H groups in total. The number of benzene rings is 3. The van der Waals surface area contributed by atoms with Crippen LogP contribution in [-0.2, 0) is 14.1 Å². The zero-order valence-corrected chi connectivity index (χ0v) is 24.6. The maximum Gasteiger partial charge on any atom is 0.280 e. The average Bonchev–Trinajstić information content (AvgIpc) is 3.40. The molecule has 12 heteroatoms. The van der Waals surface area contributed by atoms with Crippen molar-refractivity contribution in [3.63, 3.8) is 0 Å². The molecule has 0 aliphatic carbocycles. The Morgan fingerprint density at radius 2 is 0.955 bits per heavy atom. The van der Waals surface area contributed by atoms with Gasteiger partial charge in [0.25, 0.3) is 11.1 Å². The van der Waals surface area contributed by atoms with Crippen LogP contribution in [0.2, 0.25) is 0 Å². The first-order chi connectivity index (χ1) is 21.4. The van der Waals surface area contributed by atoms with Crippen LogP contribution in [0.4, 0.5) is 11.6 Å². The van der Waals surface area contributed by atoms with Crippen molar-refractivity contribution in [2.75, 3.05) is 10.9 Å². The molecule has 0 saturated heterocycles. The van der Waals surface area contributed by atoms with Crippen LogP contribution in [0, 0.1) is 13.8 Å². The van der Waals surface area contributed by atoms with Crippen LogP contribution < -0.4 is 22.0 Å². The van der Waals surface area contributed by atoms with Crippen molar-refractivity contribution in [3.05, 3.63) is 128 Å². The summed E-state index contributed by atoms with van der Waals surface area (Å²) in [6.07, 6.45) is 2.99. The monoisotopic (exact) mass is 586 g/mol. The first kappa shape index (κ1) is 28.1. The molecule has 0 spiro atoms. The third kappa shape index (κ3) is 4.98. The second kappa shape index (κ2) is 11.7. The Morgan fingerprint density at radius 1 is 0.591 bits per heavy atom. The van der Waals surface area contributed by atoms with E-state index in [2.05, 4.69) is 31.3 Å². The molecule has 220 valence electrons. The summed E-state index contributed by atoms with van der Waals surface area (Å²) in [5.41, 5.74) is 9.48. The number of nitrogens with one attached hydrogen (secondary N) is 2. The molecule has 6 aromatic rings. The van der Waals surface area contributed by atoms with Gasteiger partial charge in [0.2, 0.25) is 0 Å². The molecule has 0 bridgehead atoms. The van der Waals surface area contributed by atoms with Gasteiger partial charge in [-0.25, -0.2) is 9.36 Å². The third-order valence-corrected chi connectivity index (χ3v) is 7.61. The largest absolute Gasteiger partial charge is 0.285 e. The quantitative estimate of drug-likeness (QED) is 0.204.